The van der Waals surface area contributed by atoms with E-state index in [2.05, 4.69) is 16.4 Å². The Hall–Kier alpha value is -2.09. The minimum atomic E-state index is -4.32. The molecular formula is C22H35NO6S. The third kappa shape index (κ3) is 11.2. The zero-order valence-electron chi connectivity index (χ0n) is 17.9. The van der Waals surface area contributed by atoms with Gasteiger partial charge < -0.3 is 14.6 Å². The topological polar surface area (TPSA) is 110 Å². The van der Waals surface area contributed by atoms with Crippen molar-refractivity contribution in [1.82, 2.24) is 5.32 Å². The van der Waals surface area contributed by atoms with Gasteiger partial charge in [-0.1, -0.05) is 64.0 Å². The van der Waals surface area contributed by atoms with Gasteiger partial charge in [-0.2, -0.15) is 8.42 Å². The number of carbonyl (C=O) groups excluding carboxylic acids is 2. The van der Waals surface area contributed by atoms with Gasteiger partial charge in [0, 0.05) is 19.4 Å². The minimum absolute atomic E-state index is 0.0429. The number of para-hydroxylation sites is 1. The summed E-state index contributed by atoms with van der Waals surface area (Å²) in [5.74, 6) is -1.27. The van der Waals surface area contributed by atoms with Gasteiger partial charge in [-0.3, -0.25) is 9.59 Å². The first-order valence-electron chi connectivity index (χ1n) is 10.9. The van der Waals surface area contributed by atoms with E-state index in [0.29, 0.717) is 32.2 Å². The van der Waals surface area contributed by atoms with Crippen molar-refractivity contribution in [3.05, 3.63) is 24.3 Å². The predicted octanol–water partition coefficient (Wildman–Crippen LogP) is 4.44. The maximum absolute atomic E-state index is 12.0. The lowest BCUT2D eigenvalue weighted by atomic mass is 10.1. The van der Waals surface area contributed by atoms with Crippen LogP contribution in [-0.2, 0) is 23.9 Å². The molecule has 0 unspecified atom stereocenters. The van der Waals surface area contributed by atoms with Gasteiger partial charge in [-0.15, -0.1) is 0 Å². The van der Waals surface area contributed by atoms with E-state index in [1.807, 2.05) is 0 Å². The lowest BCUT2D eigenvalue weighted by Gasteiger charge is -2.07. The van der Waals surface area contributed by atoms with Crippen LogP contribution in [0.4, 0.5) is 0 Å². The number of rotatable bonds is 16. The fraction of sp³-hybridized carbons (Fsp3) is 0.636. The Kier molecular flexibility index (Phi) is 12.8. The van der Waals surface area contributed by atoms with E-state index in [1.54, 1.807) is 0 Å². The lowest BCUT2D eigenvalue weighted by Crippen LogP contribution is -2.24. The lowest BCUT2D eigenvalue weighted by molar-refractivity contribution is -0.134. The highest BCUT2D eigenvalue weighted by Gasteiger charge is 2.23. The van der Waals surface area contributed by atoms with Crippen LogP contribution in [0.2, 0.25) is 0 Å². The molecule has 0 saturated heterocycles. The van der Waals surface area contributed by atoms with Crippen LogP contribution in [0.3, 0.4) is 0 Å². The second-order valence-electron chi connectivity index (χ2n) is 7.41. The molecule has 0 aliphatic carbocycles. The SMILES string of the molecule is CCCCCCCCCC(=O)NCCCCCC(=O)OS(=O)(=O)c1ccccc1O. The van der Waals surface area contributed by atoms with Crippen molar-refractivity contribution in [3.8, 4) is 5.75 Å². The molecule has 1 aromatic carbocycles. The zero-order chi connectivity index (χ0) is 22.2. The second kappa shape index (κ2) is 14.8. The molecule has 1 aromatic rings. The van der Waals surface area contributed by atoms with Crippen molar-refractivity contribution >= 4 is 22.0 Å². The van der Waals surface area contributed by atoms with E-state index in [9.17, 15) is 23.1 Å². The van der Waals surface area contributed by atoms with Crippen LogP contribution in [0, 0.1) is 0 Å². The Balaban J connectivity index is 2.07. The number of benzene rings is 1. The molecular weight excluding hydrogens is 406 g/mol. The molecule has 1 rings (SSSR count). The van der Waals surface area contributed by atoms with Crippen LogP contribution in [0.5, 0.6) is 5.75 Å². The molecule has 0 aliphatic heterocycles. The number of nitrogens with one attached hydrogen (secondary N) is 1. The Morgan fingerprint density at radius 1 is 0.900 bits per heavy atom. The third-order valence-corrected chi connectivity index (χ3v) is 6.01. The molecule has 2 N–H and O–H groups in total. The maximum Gasteiger partial charge on any atom is 0.345 e. The third-order valence-electron chi connectivity index (χ3n) is 4.72. The number of hydrogen-bond donors (Lipinski definition) is 2. The average molecular weight is 442 g/mol. The van der Waals surface area contributed by atoms with Gasteiger partial charge in [0.05, 0.1) is 0 Å². The van der Waals surface area contributed by atoms with Gasteiger partial charge in [-0.05, 0) is 31.4 Å². The number of aromatic hydroxyl groups is 1. The molecule has 0 aliphatic rings. The summed E-state index contributed by atoms with van der Waals surface area (Å²) in [7, 11) is -4.32. The highest BCUT2D eigenvalue weighted by molar-refractivity contribution is 7.87. The van der Waals surface area contributed by atoms with Crippen molar-refractivity contribution in [1.29, 1.82) is 0 Å². The number of phenolic OH excluding ortho intramolecular Hbond substituents is 1. The van der Waals surface area contributed by atoms with Crippen LogP contribution < -0.4 is 5.32 Å². The number of unbranched alkanes of at least 4 members (excludes halogenated alkanes) is 8. The molecule has 0 aromatic heterocycles. The summed E-state index contributed by atoms with van der Waals surface area (Å²) in [6.45, 7) is 2.74. The first kappa shape index (κ1) is 25.9. The first-order valence-corrected chi connectivity index (χ1v) is 12.3. The van der Waals surface area contributed by atoms with Gasteiger partial charge in [0.15, 0.2) is 0 Å². The Morgan fingerprint density at radius 2 is 1.50 bits per heavy atom. The summed E-state index contributed by atoms with van der Waals surface area (Å²) in [6, 6.07) is 5.29. The quantitative estimate of drug-likeness (QED) is 0.290. The molecule has 0 saturated carbocycles. The molecule has 0 bridgehead atoms. The fourth-order valence-corrected chi connectivity index (χ4v) is 3.99. The van der Waals surface area contributed by atoms with Gasteiger partial charge in [0.25, 0.3) is 0 Å². The maximum atomic E-state index is 12.0. The van der Waals surface area contributed by atoms with Gasteiger partial charge in [-0.25, -0.2) is 0 Å². The fourth-order valence-electron chi connectivity index (χ4n) is 3.01. The number of phenols is 1. The molecule has 0 spiro atoms. The molecule has 7 nitrogen and oxygen atoms in total. The highest BCUT2D eigenvalue weighted by Crippen LogP contribution is 2.23. The van der Waals surface area contributed by atoms with Crippen LogP contribution in [0.25, 0.3) is 0 Å². The standard InChI is InChI=1S/C22H35NO6S/c1-2-3-4-5-6-7-9-16-21(25)23-18-13-8-10-17-22(26)29-30(27,28)20-15-12-11-14-19(20)24/h11-12,14-15,24H,2-10,13,16-18H2,1H3,(H,23,25). The van der Waals surface area contributed by atoms with Crippen molar-refractivity contribution in [2.75, 3.05) is 6.54 Å². The summed E-state index contributed by atoms with van der Waals surface area (Å²) in [6.07, 6.45) is 10.6. The largest absolute Gasteiger partial charge is 0.506 e. The first-order chi connectivity index (χ1) is 14.4. The van der Waals surface area contributed by atoms with Crippen molar-refractivity contribution in [3.63, 3.8) is 0 Å². The van der Waals surface area contributed by atoms with Crippen molar-refractivity contribution in [2.24, 2.45) is 0 Å². The molecule has 170 valence electrons. The van der Waals surface area contributed by atoms with E-state index < -0.39 is 26.7 Å². The van der Waals surface area contributed by atoms with Gasteiger partial charge in [0.2, 0.25) is 5.91 Å². The van der Waals surface area contributed by atoms with Crippen LogP contribution >= 0.6 is 0 Å². The van der Waals surface area contributed by atoms with Crippen LogP contribution in [-0.4, -0.2) is 31.9 Å². The zero-order valence-corrected chi connectivity index (χ0v) is 18.7. The summed E-state index contributed by atoms with van der Waals surface area (Å²) < 4.78 is 28.5. The van der Waals surface area contributed by atoms with E-state index in [1.165, 1.54) is 56.4 Å². The summed E-state index contributed by atoms with van der Waals surface area (Å²) in [4.78, 5) is 23.1. The molecule has 0 radical (unpaired) electrons. The van der Waals surface area contributed by atoms with E-state index in [-0.39, 0.29) is 12.3 Å². The number of hydrogen-bond acceptors (Lipinski definition) is 6. The van der Waals surface area contributed by atoms with Crippen molar-refractivity contribution < 1.29 is 27.3 Å². The summed E-state index contributed by atoms with van der Waals surface area (Å²) in [5.41, 5.74) is 0. The van der Waals surface area contributed by atoms with Crippen LogP contribution in [0.15, 0.2) is 29.2 Å². The molecule has 0 heterocycles. The molecule has 1 amide bonds. The molecule has 8 heteroatoms. The Morgan fingerprint density at radius 3 is 2.20 bits per heavy atom. The molecule has 0 fully saturated rings. The Labute approximate surface area is 180 Å². The van der Waals surface area contributed by atoms with Crippen LogP contribution in [0.1, 0.15) is 84.0 Å². The predicted molar refractivity (Wildman–Crippen MR) is 115 cm³/mol. The number of carbonyl (C=O) groups is 2. The van der Waals surface area contributed by atoms with E-state index in [4.69, 9.17) is 0 Å². The number of amides is 1. The summed E-state index contributed by atoms with van der Waals surface area (Å²) >= 11 is 0. The average Bonchev–Trinajstić information content (AvgIpc) is 2.69. The van der Waals surface area contributed by atoms with Crippen molar-refractivity contribution in [2.45, 2.75) is 88.9 Å². The normalized spacial score (nSPS) is 11.2. The Bertz CT molecular complexity index is 748. The highest BCUT2D eigenvalue weighted by atomic mass is 32.2. The smallest absolute Gasteiger partial charge is 0.345 e. The second-order valence-corrected chi connectivity index (χ2v) is 8.92. The minimum Gasteiger partial charge on any atom is -0.506 e. The monoisotopic (exact) mass is 441 g/mol. The molecule has 30 heavy (non-hydrogen) atoms. The summed E-state index contributed by atoms with van der Waals surface area (Å²) in [5, 5.41) is 12.5. The van der Waals surface area contributed by atoms with Gasteiger partial charge in [0.1, 0.15) is 10.6 Å². The van der Waals surface area contributed by atoms with Gasteiger partial charge >= 0.3 is 16.1 Å². The van der Waals surface area contributed by atoms with E-state index in [0.717, 1.165) is 12.8 Å². The van der Waals surface area contributed by atoms with E-state index >= 15 is 0 Å². The molecule has 0 atom stereocenters.